The van der Waals surface area contributed by atoms with Crippen molar-refractivity contribution in [1.29, 1.82) is 0 Å². The molecule has 0 saturated carbocycles. The second-order valence-electron chi connectivity index (χ2n) is 5.44. The molecule has 0 amide bonds. The summed E-state index contributed by atoms with van der Waals surface area (Å²) in [6.45, 7) is 5.06. The Morgan fingerprint density at radius 1 is 1.40 bits per heavy atom. The zero-order chi connectivity index (χ0) is 15.6. The molecule has 0 aromatic carbocycles. The van der Waals surface area contributed by atoms with Crippen LogP contribution in [0, 0.1) is 0 Å². The molecule has 0 aliphatic rings. The fourth-order valence-electron chi connectivity index (χ4n) is 1.56. The molecule has 1 atom stereocenters. The molecular formula is C13H17BrN2O4. The van der Waals surface area contributed by atoms with Crippen molar-refractivity contribution >= 4 is 27.9 Å². The summed E-state index contributed by atoms with van der Waals surface area (Å²) in [4.78, 5) is 27.2. The summed E-state index contributed by atoms with van der Waals surface area (Å²) in [5.41, 5.74) is 3.76. The molecule has 1 aromatic rings. The van der Waals surface area contributed by atoms with E-state index in [1.165, 1.54) is 12.4 Å². The van der Waals surface area contributed by atoms with Crippen LogP contribution in [0.2, 0.25) is 0 Å². The maximum Gasteiger partial charge on any atom is 0.331 e. The lowest BCUT2D eigenvalue weighted by atomic mass is 9.88. The Balaban J connectivity index is 3.22. The van der Waals surface area contributed by atoms with E-state index >= 15 is 0 Å². The van der Waals surface area contributed by atoms with Crippen LogP contribution in [-0.4, -0.2) is 27.6 Å². The van der Waals surface area contributed by atoms with Crippen molar-refractivity contribution in [3.8, 4) is 0 Å². The number of nitrogens with two attached hydrogens (primary N) is 1. The first-order chi connectivity index (χ1) is 9.04. The van der Waals surface area contributed by atoms with Crippen molar-refractivity contribution in [2.45, 2.75) is 38.3 Å². The van der Waals surface area contributed by atoms with E-state index < -0.39 is 29.5 Å². The van der Waals surface area contributed by atoms with E-state index in [1.807, 2.05) is 0 Å². The van der Waals surface area contributed by atoms with Gasteiger partial charge in [0.25, 0.3) is 0 Å². The zero-order valence-electron chi connectivity index (χ0n) is 11.5. The number of aliphatic carboxylic acids is 1. The molecule has 1 rings (SSSR count). The Morgan fingerprint density at radius 3 is 2.45 bits per heavy atom. The third-order valence-electron chi connectivity index (χ3n) is 2.41. The number of hydrogen-bond donors (Lipinski definition) is 2. The lowest BCUT2D eigenvalue weighted by molar-refractivity contribution is -0.165. The highest BCUT2D eigenvalue weighted by Gasteiger charge is 2.42. The quantitative estimate of drug-likeness (QED) is 0.807. The number of esters is 1. The van der Waals surface area contributed by atoms with Gasteiger partial charge in [-0.3, -0.25) is 9.78 Å². The standard InChI is InChI=1S/C13H17BrN2O4/c1-12(2,3)20-11(19)13(15,5-10(17)18)8-4-9(14)7-16-6-8/h4,6-7H,5,15H2,1-3H3,(H,17,18)/t13-/m0/s1. The first kappa shape index (κ1) is 16.6. The van der Waals surface area contributed by atoms with Gasteiger partial charge < -0.3 is 15.6 Å². The van der Waals surface area contributed by atoms with Gasteiger partial charge in [-0.1, -0.05) is 0 Å². The number of pyridine rings is 1. The van der Waals surface area contributed by atoms with E-state index in [0.717, 1.165) is 0 Å². The van der Waals surface area contributed by atoms with Gasteiger partial charge in [0.2, 0.25) is 0 Å². The minimum Gasteiger partial charge on any atom is -0.481 e. The average molecular weight is 345 g/mol. The molecule has 0 radical (unpaired) electrons. The summed E-state index contributed by atoms with van der Waals surface area (Å²) < 4.78 is 5.82. The summed E-state index contributed by atoms with van der Waals surface area (Å²) in [7, 11) is 0. The van der Waals surface area contributed by atoms with Crippen LogP contribution < -0.4 is 5.73 Å². The minimum absolute atomic E-state index is 0.281. The summed E-state index contributed by atoms with van der Waals surface area (Å²) >= 11 is 3.21. The minimum atomic E-state index is -1.78. The van der Waals surface area contributed by atoms with Gasteiger partial charge in [-0.25, -0.2) is 4.79 Å². The molecule has 1 heterocycles. The van der Waals surface area contributed by atoms with Crippen molar-refractivity contribution < 1.29 is 19.4 Å². The fourth-order valence-corrected chi connectivity index (χ4v) is 1.92. The topological polar surface area (TPSA) is 103 Å². The van der Waals surface area contributed by atoms with Gasteiger partial charge in [-0.15, -0.1) is 0 Å². The van der Waals surface area contributed by atoms with Crippen LogP contribution in [0.3, 0.4) is 0 Å². The molecule has 20 heavy (non-hydrogen) atoms. The van der Waals surface area contributed by atoms with Crippen molar-refractivity contribution in [2.24, 2.45) is 5.73 Å². The highest BCUT2D eigenvalue weighted by atomic mass is 79.9. The molecule has 0 fully saturated rings. The third-order valence-corrected chi connectivity index (χ3v) is 2.85. The van der Waals surface area contributed by atoms with Crippen molar-refractivity contribution in [1.82, 2.24) is 4.98 Å². The monoisotopic (exact) mass is 344 g/mol. The third kappa shape index (κ3) is 4.28. The lowest BCUT2D eigenvalue weighted by Crippen LogP contribution is -2.49. The molecule has 0 aliphatic carbocycles. The molecule has 0 aliphatic heterocycles. The van der Waals surface area contributed by atoms with Crippen LogP contribution in [-0.2, 0) is 19.9 Å². The number of rotatable bonds is 4. The number of carboxylic acid groups (broad SMARTS) is 1. The summed E-state index contributed by atoms with van der Waals surface area (Å²) in [5, 5.41) is 9.01. The van der Waals surface area contributed by atoms with Crippen LogP contribution in [0.1, 0.15) is 32.8 Å². The van der Waals surface area contributed by atoms with Gasteiger partial charge in [0.15, 0.2) is 5.54 Å². The van der Waals surface area contributed by atoms with Crippen LogP contribution in [0.25, 0.3) is 0 Å². The van der Waals surface area contributed by atoms with Crippen LogP contribution >= 0.6 is 15.9 Å². The molecule has 0 unspecified atom stereocenters. The van der Waals surface area contributed by atoms with Crippen molar-refractivity contribution in [3.05, 3.63) is 28.5 Å². The second-order valence-corrected chi connectivity index (χ2v) is 6.35. The number of carbonyl (C=O) groups is 2. The van der Waals surface area contributed by atoms with Gasteiger partial charge in [0.05, 0.1) is 6.42 Å². The van der Waals surface area contributed by atoms with Gasteiger partial charge in [0.1, 0.15) is 5.60 Å². The van der Waals surface area contributed by atoms with E-state index in [-0.39, 0.29) is 5.56 Å². The highest BCUT2D eigenvalue weighted by molar-refractivity contribution is 9.10. The Labute approximate surface area is 125 Å². The number of hydrogen-bond acceptors (Lipinski definition) is 5. The first-order valence-electron chi connectivity index (χ1n) is 5.90. The Morgan fingerprint density at radius 2 is 2.00 bits per heavy atom. The van der Waals surface area contributed by atoms with E-state index in [2.05, 4.69) is 20.9 Å². The number of aromatic nitrogens is 1. The summed E-state index contributed by atoms with van der Waals surface area (Å²) in [5.74, 6) is -1.99. The van der Waals surface area contributed by atoms with Gasteiger partial charge in [-0.05, 0) is 42.8 Å². The van der Waals surface area contributed by atoms with Crippen LogP contribution in [0.15, 0.2) is 22.9 Å². The van der Waals surface area contributed by atoms with E-state index in [4.69, 9.17) is 15.6 Å². The number of carboxylic acids is 1. The molecule has 3 N–H and O–H groups in total. The molecule has 0 bridgehead atoms. The maximum atomic E-state index is 12.3. The zero-order valence-corrected chi connectivity index (χ0v) is 13.1. The van der Waals surface area contributed by atoms with Gasteiger partial charge in [0, 0.05) is 22.4 Å². The fraction of sp³-hybridized carbons (Fsp3) is 0.462. The number of nitrogens with zero attached hydrogens (tertiary/aromatic N) is 1. The second kappa shape index (κ2) is 5.88. The molecular weight excluding hydrogens is 328 g/mol. The SMILES string of the molecule is CC(C)(C)OC(=O)[C@](N)(CC(=O)O)c1cncc(Br)c1. The van der Waals surface area contributed by atoms with Crippen molar-refractivity contribution in [2.75, 3.05) is 0 Å². The van der Waals surface area contributed by atoms with E-state index in [9.17, 15) is 9.59 Å². The summed E-state index contributed by atoms with van der Waals surface area (Å²) in [6, 6.07) is 1.56. The number of carbonyl (C=O) groups excluding carboxylic acids is 1. The molecule has 0 spiro atoms. The first-order valence-corrected chi connectivity index (χ1v) is 6.69. The lowest BCUT2D eigenvalue weighted by Gasteiger charge is -2.30. The molecule has 7 heteroatoms. The molecule has 0 saturated heterocycles. The molecule has 1 aromatic heterocycles. The predicted octanol–water partition coefficient (Wildman–Crippen LogP) is 1.81. The smallest absolute Gasteiger partial charge is 0.331 e. The predicted molar refractivity (Wildman–Crippen MR) is 75.9 cm³/mol. The Bertz CT molecular complexity index is 527. The Hall–Kier alpha value is -1.47. The van der Waals surface area contributed by atoms with Crippen LogP contribution in [0.5, 0.6) is 0 Å². The van der Waals surface area contributed by atoms with E-state index in [0.29, 0.717) is 4.47 Å². The Kier molecular flexibility index (Phi) is 4.88. The average Bonchev–Trinajstić information content (AvgIpc) is 2.25. The molecule has 110 valence electrons. The number of ether oxygens (including phenoxy) is 1. The summed E-state index contributed by atoms with van der Waals surface area (Å²) in [6.07, 6.45) is 2.29. The highest BCUT2D eigenvalue weighted by Crippen LogP contribution is 2.27. The van der Waals surface area contributed by atoms with Gasteiger partial charge in [-0.2, -0.15) is 0 Å². The number of halogens is 1. The van der Waals surface area contributed by atoms with Crippen LogP contribution in [0.4, 0.5) is 0 Å². The van der Waals surface area contributed by atoms with E-state index in [1.54, 1.807) is 26.8 Å². The van der Waals surface area contributed by atoms with Gasteiger partial charge >= 0.3 is 11.9 Å². The van der Waals surface area contributed by atoms with Crippen molar-refractivity contribution in [3.63, 3.8) is 0 Å². The maximum absolute atomic E-state index is 12.3. The largest absolute Gasteiger partial charge is 0.481 e. The normalized spacial score (nSPS) is 14.4. The molecule has 6 nitrogen and oxygen atoms in total.